The highest BCUT2D eigenvalue weighted by atomic mass is 32.2. The topological polar surface area (TPSA) is 210 Å². The number of fused-ring (bicyclic) bond motifs is 5. The van der Waals surface area contributed by atoms with E-state index >= 15 is 4.79 Å². The summed E-state index contributed by atoms with van der Waals surface area (Å²) in [5, 5.41) is 28.5. The molecule has 3 aliphatic carbocycles. The maximum absolute atomic E-state index is 15.9. The summed E-state index contributed by atoms with van der Waals surface area (Å²) in [6.45, 7) is 8.45. The summed E-state index contributed by atoms with van der Waals surface area (Å²) in [4.78, 5) is 84.7. The van der Waals surface area contributed by atoms with E-state index in [0.29, 0.717) is 5.56 Å². The van der Waals surface area contributed by atoms with E-state index in [1.165, 1.54) is 30.8 Å². The van der Waals surface area contributed by atoms with Crippen LogP contribution in [0.25, 0.3) is 0 Å². The number of thioether (sulfide) groups is 1. The Morgan fingerprint density at radius 1 is 0.862 bits per heavy atom. The average Bonchev–Trinajstić information content (AvgIpc) is 3.27. The van der Waals surface area contributed by atoms with Crippen LogP contribution in [0.4, 0.5) is 0 Å². The van der Waals surface area contributed by atoms with Gasteiger partial charge in [-0.2, -0.15) is 0 Å². The van der Waals surface area contributed by atoms with Gasteiger partial charge in [0.1, 0.15) is 23.9 Å². The Hall–Kier alpha value is -5.39. The molecule has 3 aromatic carbocycles. The molecule has 346 valence electrons. The molecule has 0 spiro atoms. The summed E-state index contributed by atoms with van der Waals surface area (Å²) in [5.74, 6) is -6.28. The molecule has 16 heteroatoms. The Morgan fingerprint density at radius 2 is 1.46 bits per heavy atom. The minimum absolute atomic E-state index is 0.0418. The normalized spacial score (nSPS) is 30.9. The second kappa shape index (κ2) is 18.5. The lowest BCUT2D eigenvalue weighted by molar-refractivity contribution is -0.347. The van der Waals surface area contributed by atoms with Crippen molar-refractivity contribution < 1.29 is 67.4 Å². The van der Waals surface area contributed by atoms with Gasteiger partial charge in [-0.1, -0.05) is 80.6 Å². The van der Waals surface area contributed by atoms with Gasteiger partial charge in [-0.25, -0.2) is 9.59 Å². The first-order chi connectivity index (χ1) is 30.8. The molecule has 1 heterocycles. The van der Waals surface area contributed by atoms with Gasteiger partial charge in [-0.3, -0.25) is 19.2 Å². The molecule has 1 aliphatic heterocycles. The number of hydrogen-bond acceptors (Lipinski definition) is 15. The molecule has 4 aliphatic rings. The number of ether oxygens (including phenoxy) is 6. The lowest BCUT2D eigenvalue weighted by Crippen LogP contribution is -2.82. The predicted molar refractivity (Wildman–Crippen MR) is 235 cm³/mol. The SMILES string of the molecule is CSCO[C@H]1C[C@H]2OC[C@@]2(OC(C)=O)[C@H]2[C@H](OC(=O)c3ccccc3)[C@]3(O)C[C@H](OC(=O)[C@H](O)[C@@H](NC(=O)c4ccccc4)c4ccccc4)C(C)=C([C@@H](OC(C)=O)C(=O)[C@]12C)C3(C)C. The van der Waals surface area contributed by atoms with E-state index in [0.717, 1.165) is 6.92 Å². The summed E-state index contributed by atoms with van der Waals surface area (Å²) < 4.78 is 37.5. The number of aliphatic hydroxyl groups is 2. The van der Waals surface area contributed by atoms with E-state index in [-0.39, 0.29) is 41.2 Å². The van der Waals surface area contributed by atoms with E-state index in [1.54, 1.807) is 113 Å². The molecule has 7 rings (SSSR count). The number of amides is 1. The van der Waals surface area contributed by atoms with Crippen molar-refractivity contribution in [3.63, 3.8) is 0 Å². The highest BCUT2D eigenvalue weighted by Gasteiger charge is 2.78. The van der Waals surface area contributed by atoms with E-state index in [2.05, 4.69) is 5.32 Å². The number of carbonyl (C=O) groups excluding carboxylic acids is 6. The van der Waals surface area contributed by atoms with Crippen LogP contribution in [-0.4, -0.2) is 112 Å². The Kier molecular flexibility index (Phi) is 13.5. The molecule has 0 radical (unpaired) electrons. The summed E-state index contributed by atoms with van der Waals surface area (Å²) >= 11 is 1.34. The minimum Gasteiger partial charge on any atom is -0.456 e. The molecule has 3 fully saturated rings. The average molecular weight is 914 g/mol. The van der Waals surface area contributed by atoms with Gasteiger partial charge >= 0.3 is 23.9 Å². The van der Waals surface area contributed by atoms with Crippen LogP contribution in [0.1, 0.15) is 86.7 Å². The van der Waals surface area contributed by atoms with Crippen LogP contribution >= 0.6 is 11.8 Å². The maximum Gasteiger partial charge on any atom is 0.338 e. The van der Waals surface area contributed by atoms with E-state index in [1.807, 2.05) is 0 Å². The molecule has 2 bridgehead atoms. The zero-order valence-corrected chi connectivity index (χ0v) is 38.1. The van der Waals surface area contributed by atoms with Crippen molar-refractivity contribution in [2.75, 3.05) is 18.8 Å². The molecular formula is C49H55NO14S. The zero-order valence-electron chi connectivity index (χ0n) is 37.3. The molecule has 3 aromatic rings. The fourth-order valence-electron chi connectivity index (χ4n) is 10.6. The van der Waals surface area contributed by atoms with Crippen molar-refractivity contribution in [3.8, 4) is 0 Å². The van der Waals surface area contributed by atoms with Crippen molar-refractivity contribution in [2.45, 2.75) is 108 Å². The van der Waals surface area contributed by atoms with Crippen LogP contribution in [0.5, 0.6) is 0 Å². The first-order valence-electron chi connectivity index (χ1n) is 21.4. The number of aliphatic hydroxyl groups excluding tert-OH is 1. The first-order valence-corrected chi connectivity index (χ1v) is 22.8. The third kappa shape index (κ3) is 8.39. The first kappa shape index (κ1) is 47.6. The highest BCUT2D eigenvalue weighted by Crippen LogP contribution is 2.65. The van der Waals surface area contributed by atoms with E-state index < -0.39 is 113 Å². The smallest absolute Gasteiger partial charge is 0.338 e. The van der Waals surface area contributed by atoms with Crippen LogP contribution in [0, 0.1) is 16.7 Å². The fraction of sp³-hybridized carbons (Fsp3) is 0.469. The molecule has 0 aromatic heterocycles. The monoisotopic (exact) mass is 913 g/mol. The highest BCUT2D eigenvalue weighted by molar-refractivity contribution is 7.98. The number of benzene rings is 3. The number of carbonyl (C=O) groups is 6. The van der Waals surface area contributed by atoms with Gasteiger partial charge in [0.2, 0.25) is 0 Å². The summed E-state index contributed by atoms with van der Waals surface area (Å²) in [5.41, 5.74) is -6.48. The van der Waals surface area contributed by atoms with Gasteiger partial charge in [0.25, 0.3) is 5.91 Å². The quantitative estimate of drug-likeness (QED) is 0.0884. The zero-order chi connectivity index (χ0) is 47.1. The Morgan fingerprint density at radius 3 is 2.02 bits per heavy atom. The van der Waals surface area contributed by atoms with Crippen molar-refractivity contribution in [1.82, 2.24) is 5.32 Å². The van der Waals surface area contributed by atoms with Gasteiger partial charge in [0, 0.05) is 37.7 Å². The van der Waals surface area contributed by atoms with E-state index in [4.69, 9.17) is 28.4 Å². The largest absolute Gasteiger partial charge is 0.456 e. The minimum atomic E-state index is -2.34. The number of ketones is 1. The summed E-state index contributed by atoms with van der Waals surface area (Å²) in [6, 6.07) is 23.2. The van der Waals surface area contributed by atoms with Crippen molar-refractivity contribution >= 4 is 47.3 Å². The van der Waals surface area contributed by atoms with Crippen molar-refractivity contribution in [1.29, 1.82) is 0 Å². The molecular weight excluding hydrogens is 859 g/mol. The molecule has 65 heavy (non-hydrogen) atoms. The van der Waals surface area contributed by atoms with Crippen LogP contribution in [-0.2, 0) is 47.6 Å². The second-order valence-corrected chi connectivity index (χ2v) is 18.7. The number of esters is 4. The Bertz CT molecular complexity index is 2340. The summed E-state index contributed by atoms with van der Waals surface area (Å²) in [7, 11) is 0. The van der Waals surface area contributed by atoms with Gasteiger partial charge in [-0.05, 0) is 61.1 Å². The lowest BCUT2D eigenvalue weighted by atomic mass is 9.44. The number of nitrogens with one attached hydrogen (secondary N) is 1. The molecule has 1 saturated heterocycles. The van der Waals surface area contributed by atoms with Crippen LogP contribution in [0.15, 0.2) is 102 Å². The number of rotatable bonds is 13. The van der Waals surface area contributed by atoms with Crippen LogP contribution < -0.4 is 5.32 Å². The van der Waals surface area contributed by atoms with E-state index in [9.17, 15) is 34.2 Å². The Balaban J connectivity index is 1.41. The predicted octanol–water partition coefficient (Wildman–Crippen LogP) is 5.08. The lowest BCUT2D eigenvalue weighted by Gasteiger charge is -2.67. The third-order valence-electron chi connectivity index (χ3n) is 13.8. The molecule has 11 atom stereocenters. The van der Waals surface area contributed by atoms with Crippen molar-refractivity contribution in [2.24, 2.45) is 16.7 Å². The standard InChI is InChI=1S/C49H55NO14S/c1-27-33(62-45(57)38(53)37(30-17-11-8-12-18-30)50-43(55)31-19-13-9-14-20-31)24-49(58)42(63-44(56)32-21-15-10-16-22-32)40-47(6,41(54)39(61-28(2)51)36(27)46(49,4)5)34(60-26-65-7)23-35-48(40,25-59-35)64-29(3)52/h8-22,33-35,37-40,42,53,58H,23-26H2,1-7H3,(H,50,55)/t33-,34-,35+,37-,38+,39+,40-,42-,47+,48-,49+/m0/s1. The number of Topliss-reactive ketones (excluding diaryl/α,β-unsaturated/α-hetero) is 1. The molecule has 15 nitrogen and oxygen atoms in total. The van der Waals surface area contributed by atoms with Gasteiger partial charge in [0.05, 0.1) is 41.6 Å². The third-order valence-corrected chi connectivity index (χ3v) is 14.2. The van der Waals surface area contributed by atoms with Crippen molar-refractivity contribution in [3.05, 3.63) is 119 Å². The Labute approximate surface area is 381 Å². The summed E-state index contributed by atoms with van der Waals surface area (Å²) in [6.07, 6.45) is -7.55. The fourth-order valence-corrected chi connectivity index (χ4v) is 10.9. The molecule has 3 N–H and O–H groups in total. The van der Waals surface area contributed by atoms with Gasteiger partial charge in [-0.15, -0.1) is 11.8 Å². The molecule has 2 saturated carbocycles. The second-order valence-electron chi connectivity index (χ2n) is 17.9. The number of hydrogen-bond donors (Lipinski definition) is 3. The van der Waals surface area contributed by atoms with Crippen LogP contribution in [0.3, 0.4) is 0 Å². The van der Waals surface area contributed by atoms with Gasteiger partial charge < -0.3 is 44.0 Å². The molecule has 0 unspecified atom stereocenters. The van der Waals surface area contributed by atoms with Gasteiger partial charge in [0.15, 0.2) is 23.6 Å². The maximum atomic E-state index is 15.9. The molecule has 1 amide bonds. The van der Waals surface area contributed by atoms with Crippen LogP contribution in [0.2, 0.25) is 0 Å².